The molecule has 0 aliphatic carbocycles. The Balaban J connectivity index is 5.21. The first kappa shape index (κ1) is 77.1. The Morgan fingerprint density at radius 2 is 0.582 bits per heavy atom. The van der Waals surface area contributed by atoms with Gasteiger partial charge in [0.05, 0.1) is 26.4 Å². The van der Waals surface area contributed by atoms with Crippen LogP contribution in [0.2, 0.25) is 0 Å². The molecule has 0 amide bonds. The highest BCUT2D eigenvalue weighted by Gasteiger charge is 2.30. The molecule has 468 valence electrons. The Kier molecular flexibility index (Phi) is 52.7. The summed E-state index contributed by atoms with van der Waals surface area (Å²) in [4.78, 5) is 71.9. The molecule has 0 bridgehead atoms. The number of unbranched alkanes of at least 4 members (excludes halogenated alkanes) is 32. The molecule has 0 aromatic heterocycles. The number of hydrogen-bond acceptors (Lipinski definition) is 15. The van der Waals surface area contributed by atoms with Crippen LogP contribution < -0.4 is 0 Å². The molecule has 0 saturated carbocycles. The molecular weight excluding hydrogens is 1050 g/mol. The summed E-state index contributed by atoms with van der Waals surface area (Å²) in [7, 11) is -9.87. The lowest BCUT2D eigenvalue weighted by Gasteiger charge is -2.21. The Bertz CT molecular complexity index is 1550. The van der Waals surface area contributed by atoms with Crippen LogP contribution in [0.4, 0.5) is 0 Å². The van der Waals surface area contributed by atoms with E-state index >= 15 is 0 Å². The molecule has 0 aliphatic heterocycles. The lowest BCUT2D eigenvalue weighted by molar-refractivity contribution is -0.161. The molecule has 2 unspecified atom stereocenters. The lowest BCUT2D eigenvalue weighted by atomic mass is 10.0. The third kappa shape index (κ3) is 55.0. The van der Waals surface area contributed by atoms with E-state index in [0.29, 0.717) is 25.7 Å². The van der Waals surface area contributed by atoms with Crippen molar-refractivity contribution in [1.29, 1.82) is 0 Å². The second kappa shape index (κ2) is 54.0. The molecule has 0 saturated heterocycles. The van der Waals surface area contributed by atoms with Crippen molar-refractivity contribution in [3.63, 3.8) is 0 Å². The standard InChI is InChI=1S/C60H116O17P2/c1-6-9-12-15-18-20-21-22-24-31-36-41-46-60(65)77-56(50-71-58(63)44-39-34-29-26-25-28-32-37-42-53(4)5)52-75-79(68,69)73-48-54(61)47-72-78(66,67)74-51-55(49-70-57(62)43-38-33-27-17-14-11-8-3)76-59(64)45-40-35-30-23-19-16-13-10-7-2/h53-56,61H,6-52H2,1-5H3,(H,66,67)(H,68,69)/t54-,55+,56+/m0/s1. The molecule has 0 aliphatic rings. The highest BCUT2D eigenvalue weighted by Crippen LogP contribution is 2.45. The highest BCUT2D eigenvalue weighted by atomic mass is 31.2. The molecule has 0 spiro atoms. The number of carbonyl (C=O) groups excluding carboxylic acids is 4. The summed E-state index contributed by atoms with van der Waals surface area (Å²) in [6.07, 6.45) is 36.3. The third-order valence-electron chi connectivity index (χ3n) is 13.8. The fourth-order valence-corrected chi connectivity index (χ4v) is 10.5. The molecule has 3 N–H and O–H groups in total. The summed E-state index contributed by atoms with van der Waals surface area (Å²) < 4.78 is 67.7. The predicted molar refractivity (Wildman–Crippen MR) is 312 cm³/mol. The van der Waals surface area contributed by atoms with Crippen LogP contribution in [0.3, 0.4) is 0 Å². The second-order valence-corrected chi connectivity index (χ2v) is 25.1. The predicted octanol–water partition coefficient (Wildman–Crippen LogP) is 16.2. The minimum atomic E-state index is -4.94. The van der Waals surface area contributed by atoms with Crippen LogP contribution >= 0.6 is 15.6 Å². The molecular formula is C60H116O17P2. The van der Waals surface area contributed by atoms with E-state index in [2.05, 4.69) is 34.6 Å². The number of aliphatic hydroxyl groups is 1. The minimum Gasteiger partial charge on any atom is -0.462 e. The zero-order valence-electron chi connectivity index (χ0n) is 50.5. The van der Waals surface area contributed by atoms with Gasteiger partial charge in [0.1, 0.15) is 19.3 Å². The van der Waals surface area contributed by atoms with Gasteiger partial charge in [0.25, 0.3) is 0 Å². The minimum absolute atomic E-state index is 0.105. The van der Waals surface area contributed by atoms with E-state index in [1.807, 2.05) is 0 Å². The number of aliphatic hydroxyl groups excluding tert-OH is 1. The smallest absolute Gasteiger partial charge is 0.462 e. The van der Waals surface area contributed by atoms with Gasteiger partial charge in [-0.05, 0) is 31.6 Å². The first-order valence-electron chi connectivity index (χ1n) is 31.6. The van der Waals surface area contributed by atoms with Crippen molar-refractivity contribution in [2.45, 2.75) is 316 Å². The van der Waals surface area contributed by atoms with Gasteiger partial charge in [0.2, 0.25) is 0 Å². The quantitative estimate of drug-likeness (QED) is 0.0222. The maximum atomic E-state index is 12.9. The van der Waals surface area contributed by atoms with Gasteiger partial charge in [-0.3, -0.25) is 37.3 Å². The number of rotatable bonds is 60. The van der Waals surface area contributed by atoms with Crippen molar-refractivity contribution in [2.75, 3.05) is 39.6 Å². The zero-order valence-corrected chi connectivity index (χ0v) is 52.3. The molecule has 0 heterocycles. The molecule has 0 radical (unpaired) electrons. The Hall–Kier alpha value is -1.94. The number of hydrogen-bond donors (Lipinski definition) is 3. The monoisotopic (exact) mass is 1170 g/mol. The topological polar surface area (TPSA) is 237 Å². The molecule has 19 heteroatoms. The first-order valence-corrected chi connectivity index (χ1v) is 34.6. The van der Waals surface area contributed by atoms with E-state index in [9.17, 15) is 43.2 Å². The van der Waals surface area contributed by atoms with Crippen molar-refractivity contribution >= 4 is 39.5 Å². The SMILES string of the molecule is CCCCCCCCCCCCCCC(=O)O[C@H](COC(=O)CCCCCCCCCCC(C)C)COP(=O)(O)OC[C@@H](O)COP(=O)(O)OC[C@@H](COC(=O)CCCCCCCCC)OC(=O)CCCCCCCCCCC. The van der Waals surface area contributed by atoms with Crippen molar-refractivity contribution in [3.8, 4) is 0 Å². The molecule has 17 nitrogen and oxygen atoms in total. The summed E-state index contributed by atoms with van der Waals surface area (Å²) in [5.74, 6) is -1.42. The third-order valence-corrected chi connectivity index (χ3v) is 15.7. The van der Waals surface area contributed by atoms with Crippen LogP contribution in [-0.4, -0.2) is 96.7 Å². The lowest BCUT2D eigenvalue weighted by Crippen LogP contribution is -2.30. The number of phosphoric acid groups is 2. The van der Waals surface area contributed by atoms with E-state index in [-0.39, 0.29) is 25.7 Å². The van der Waals surface area contributed by atoms with Gasteiger partial charge >= 0.3 is 39.5 Å². The maximum absolute atomic E-state index is 12.9. The van der Waals surface area contributed by atoms with Gasteiger partial charge in [0.15, 0.2) is 12.2 Å². The van der Waals surface area contributed by atoms with E-state index in [1.165, 1.54) is 109 Å². The van der Waals surface area contributed by atoms with Crippen molar-refractivity contribution in [1.82, 2.24) is 0 Å². The summed E-state index contributed by atoms with van der Waals surface area (Å²) in [6.45, 7) is 7.07. The molecule has 0 aromatic rings. The average molecular weight is 1170 g/mol. The van der Waals surface area contributed by atoms with Crippen LogP contribution in [0.25, 0.3) is 0 Å². The van der Waals surface area contributed by atoms with Gasteiger partial charge in [-0.1, -0.05) is 247 Å². The molecule has 0 aromatic carbocycles. The maximum Gasteiger partial charge on any atom is 0.472 e. The summed E-state index contributed by atoms with van der Waals surface area (Å²) in [5, 5.41) is 10.5. The molecule has 79 heavy (non-hydrogen) atoms. The van der Waals surface area contributed by atoms with Gasteiger partial charge in [0, 0.05) is 25.7 Å². The average Bonchev–Trinajstić information content (AvgIpc) is 3.41. The summed E-state index contributed by atoms with van der Waals surface area (Å²) >= 11 is 0. The van der Waals surface area contributed by atoms with Crippen LogP contribution in [0.1, 0.15) is 298 Å². The van der Waals surface area contributed by atoms with E-state index in [1.54, 1.807) is 0 Å². The number of ether oxygens (including phenoxy) is 4. The van der Waals surface area contributed by atoms with Crippen LogP contribution in [0.15, 0.2) is 0 Å². The van der Waals surface area contributed by atoms with E-state index in [4.69, 9.17) is 37.0 Å². The highest BCUT2D eigenvalue weighted by molar-refractivity contribution is 7.47. The Labute approximate surface area is 479 Å². The van der Waals surface area contributed by atoms with Gasteiger partial charge in [-0.15, -0.1) is 0 Å². The van der Waals surface area contributed by atoms with Crippen LogP contribution in [0.5, 0.6) is 0 Å². The number of esters is 4. The van der Waals surface area contributed by atoms with E-state index in [0.717, 1.165) is 109 Å². The Morgan fingerprint density at radius 3 is 0.861 bits per heavy atom. The number of carbonyl (C=O) groups is 4. The second-order valence-electron chi connectivity index (χ2n) is 22.2. The fraction of sp³-hybridized carbons (Fsp3) is 0.933. The first-order chi connectivity index (χ1) is 38.0. The zero-order chi connectivity index (χ0) is 58.5. The molecule has 5 atom stereocenters. The number of phosphoric ester groups is 2. The molecule has 0 fully saturated rings. The summed E-state index contributed by atoms with van der Waals surface area (Å²) in [5.41, 5.74) is 0. The van der Waals surface area contributed by atoms with Crippen molar-refractivity contribution in [3.05, 3.63) is 0 Å². The van der Waals surface area contributed by atoms with Gasteiger partial charge in [-0.2, -0.15) is 0 Å². The van der Waals surface area contributed by atoms with Crippen LogP contribution in [-0.2, 0) is 65.4 Å². The Morgan fingerprint density at radius 1 is 0.342 bits per heavy atom. The summed E-state index contributed by atoms with van der Waals surface area (Å²) in [6, 6.07) is 0. The van der Waals surface area contributed by atoms with Crippen molar-refractivity contribution in [2.24, 2.45) is 5.92 Å². The fourth-order valence-electron chi connectivity index (χ4n) is 8.88. The molecule has 0 rings (SSSR count). The normalized spacial score (nSPS) is 14.3. The van der Waals surface area contributed by atoms with Gasteiger partial charge in [-0.25, -0.2) is 9.13 Å². The van der Waals surface area contributed by atoms with E-state index < -0.39 is 97.5 Å². The van der Waals surface area contributed by atoms with Crippen molar-refractivity contribution < 1.29 is 80.2 Å². The van der Waals surface area contributed by atoms with Crippen LogP contribution in [0, 0.1) is 5.92 Å². The largest absolute Gasteiger partial charge is 0.472 e. The van der Waals surface area contributed by atoms with Gasteiger partial charge < -0.3 is 33.8 Å².